The minimum absolute atomic E-state index is 0.0269. The van der Waals surface area contributed by atoms with Gasteiger partial charge in [-0.2, -0.15) is 0 Å². The maximum atomic E-state index is 12.6. The first kappa shape index (κ1) is 17.7. The van der Waals surface area contributed by atoms with Crippen molar-refractivity contribution in [2.24, 2.45) is 5.92 Å². The minimum atomic E-state index is -0.181. The molecule has 1 aromatic carbocycles. The summed E-state index contributed by atoms with van der Waals surface area (Å²) in [5.74, 6) is 0.341. The highest BCUT2D eigenvalue weighted by molar-refractivity contribution is 5.92. The fourth-order valence-electron chi connectivity index (χ4n) is 3.08. The zero-order valence-corrected chi connectivity index (χ0v) is 15.2. The van der Waals surface area contributed by atoms with Gasteiger partial charge in [-0.1, -0.05) is 0 Å². The molecule has 0 radical (unpaired) electrons. The smallest absolute Gasteiger partial charge is 0.250 e. The van der Waals surface area contributed by atoms with Crippen molar-refractivity contribution < 1.29 is 14.3 Å². The normalized spacial score (nSPS) is 16.4. The average molecular weight is 345 g/mol. The zero-order chi connectivity index (χ0) is 18.0. The van der Waals surface area contributed by atoms with Crippen LogP contribution >= 0.6 is 0 Å². The third kappa shape index (κ3) is 4.51. The number of methoxy groups -OCH3 is 1. The van der Waals surface area contributed by atoms with Crippen molar-refractivity contribution >= 4 is 23.2 Å². The average Bonchev–Trinajstić information content (AvgIpc) is 3.45. The molecular weight excluding hydrogens is 318 g/mol. The molecule has 2 amide bonds. The van der Waals surface area contributed by atoms with Crippen LogP contribution in [0.4, 0.5) is 11.4 Å². The molecule has 0 atom stereocenters. The Bertz CT molecular complexity index is 651. The Morgan fingerprint density at radius 3 is 2.48 bits per heavy atom. The molecule has 1 N–H and O–H groups in total. The van der Waals surface area contributed by atoms with Crippen molar-refractivity contribution in [1.29, 1.82) is 0 Å². The standard InChI is InChI=1S/C19H27N3O3/c1-21(2)17-9-6-15(20-18(23)12-25-3)10-14(17)11-22(16-7-8-16)19(24)13-4-5-13/h6,9-10,13,16H,4-5,7-8,11-12H2,1-3H3,(H,20,23). The molecule has 6 heteroatoms. The van der Waals surface area contributed by atoms with Crippen molar-refractivity contribution in [2.75, 3.05) is 38.0 Å². The highest BCUT2D eigenvalue weighted by atomic mass is 16.5. The first-order valence-electron chi connectivity index (χ1n) is 8.89. The van der Waals surface area contributed by atoms with Crippen molar-refractivity contribution in [1.82, 2.24) is 4.90 Å². The summed E-state index contributed by atoms with van der Waals surface area (Å²) < 4.78 is 4.86. The van der Waals surface area contributed by atoms with E-state index in [-0.39, 0.29) is 18.4 Å². The Labute approximate surface area is 149 Å². The monoisotopic (exact) mass is 345 g/mol. The third-order valence-electron chi connectivity index (χ3n) is 4.66. The van der Waals surface area contributed by atoms with Gasteiger partial charge in [-0.05, 0) is 49.4 Å². The first-order chi connectivity index (χ1) is 12.0. The molecule has 25 heavy (non-hydrogen) atoms. The number of carbonyl (C=O) groups excluding carboxylic acids is 2. The van der Waals surface area contributed by atoms with Crippen LogP contribution in [0.5, 0.6) is 0 Å². The molecule has 0 spiro atoms. The lowest BCUT2D eigenvalue weighted by Crippen LogP contribution is -2.34. The predicted octanol–water partition coefficient (Wildman–Crippen LogP) is 2.24. The lowest BCUT2D eigenvalue weighted by molar-refractivity contribution is -0.133. The summed E-state index contributed by atoms with van der Waals surface area (Å²) in [5.41, 5.74) is 2.86. The second-order valence-corrected chi connectivity index (χ2v) is 7.19. The van der Waals surface area contributed by atoms with Crippen molar-refractivity contribution in [3.8, 4) is 0 Å². The summed E-state index contributed by atoms with van der Waals surface area (Å²) in [6.45, 7) is 0.626. The van der Waals surface area contributed by atoms with Crippen LogP contribution in [0.3, 0.4) is 0 Å². The Kier molecular flexibility index (Phi) is 5.27. The van der Waals surface area contributed by atoms with Gasteiger partial charge < -0.3 is 19.9 Å². The maximum absolute atomic E-state index is 12.6. The van der Waals surface area contributed by atoms with E-state index in [4.69, 9.17) is 4.74 Å². The SMILES string of the molecule is COCC(=O)Nc1ccc(N(C)C)c(CN(C(=O)C2CC2)C2CC2)c1. The molecule has 2 aliphatic carbocycles. The molecule has 0 unspecified atom stereocenters. The molecular formula is C19H27N3O3. The third-order valence-corrected chi connectivity index (χ3v) is 4.66. The van der Waals surface area contributed by atoms with E-state index in [1.807, 2.05) is 42.1 Å². The van der Waals surface area contributed by atoms with Crippen LogP contribution in [-0.2, 0) is 20.9 Å². The first-order valence-corrected chi connectivity index (χ1v) is 8.89. The van der Waals surface area contributed by atoms with Gasteiger partial charge in [-0.15, -0.1) is 0 Å². The van der Waals surface area contributed by atoms with Crippen molar-refractivity contribution in [2.45, 2.75) is 38.3 Å². The summed E-state index contributed by atoms with van der Waals surface area (Å²) >= 11 is 0. The van der Waals surface area contributed by atoms with Crippen molar-refractivity contribution in [3.63, 3.8) is 0 Å². The van der Waals surface area contributed by atoms with Gasteiger partial charge in [-0.25, -0.2) is 0 Å². The number of rotatable bonds is 8. The summed E-state index contributed by atoms with van der Waals surface area (Å²) in [5, 5.41) is 2.85. The highest BCUT2D eigenvalue weighted by Gasteiger charge is 2.40. The Morgan fingerprint density at radius 2 is 1.92 bits per heavy atom. The van der Waals surface area contributed by atoms with Crippen LogP contribution in [0.2, 0.25) is 0 Å². The molecule has 0 saturated heterocycles. The van der Waals surface area contributed by atoms with E-state index in [0.29, 0.717) is 18.5 Å². The molecule has 3 rings (SSSR count). The quantitative estimate of drug-likeness (QED) is 0.785. The van der Waals surface area contributed by atoms with Crippen LogP contribution in [0.25, 0.3) is 0 Å². The molecule has 2 fully saturated rings. The number of ether oxygens (including phenoxy) is 1. The molecule has 0 bridgehead atoms. The molecule has 136 valence electrons. The van der Waals surface area contributed by atoms with E-state index in [9.17, 15) is 9.59 Å². The number of carbonyl (C=O) groups is 2. The summed E-state index contributed by atoms with van der Waals surface area (Å²) in [6, 6.07) is 6.23. The van der Waals surface area contributed by atoms with E-state index in [0.717, 1.165) is 42.6 Å². The molecule has 1 aromatic rings. The maximum Gasteiger partial charge on any atom is 0.250 e. The van der Waals surface area contributed by atoms with Gasteiger partial charge in [-0.3, -0.25) is 9.59 Å². The summed E-state index contributed by atoms with van der Waals surface area (Å²) in [4.78, 5) is 28.5. The highest BCUT2D eigenvalue weighted by Crippen LogP contribution is 2.38. The van der Waals surface area contributed by atoms with Gasteiger partial charge in [0.05, 0.1) is 0 Å². The molecule has 2 saturated carbocycles. The van der Waals surface area contributed by atoms with E-state index >= 15 is 0 Å². The van der Waals surface area contributed by atoms with E-state index in [2.05, 4.69) is 5.32 Å². The number of anilines is 2. The fraction of sp³-hybridized carbons (Fsp3) is 0.579. The summed E-state index contributed by atoms with van der Waals surface area (Å²) in [6.07, 6.45) is 4.24. The molecule has 6 nitrogen and oxygen atoms in total. The van der Waals surface area contributed by atoms with Gasteiger partial charge >= 0.3 is 0 Å². The van der Waals surface area contributed by atoms with Gasteiger partial charge in [0.25, 0.3) is 0 Å². The number of amides is 2. The van der Waals surface area contributed by atoms with Gasteiger partial charge in [0, 0.05) is 51.1 Å². The zero-order valence-electron chi connectivity index (χ0n) is 15.2. The van der Waals surface area contributed by atoms with E-state index in [1.165, 1.54) is 7.11 Å². The fourth-order valence-corrected chi connectivity index (χ4v) is 3.08. The van der Waals surface area contributed by atoms with Gasteiger partial charge in [0.2, 0.25) is 11.8 Å². The Balaban J connectivity index is 1.81. The molecule has 0 aromatic heterocycles. The van der Waals surface area contributed by atoms with E-state index < -0.39 is 0 Å². The minimum Gasteiger partial charge on any atom is -0.377 e. The number of hydrogen-bond donors (Lipinski definition) is 1. The Hall–Kier alpha value is -2.08. The topological polar surface area (TPSA) is 61.9 Å². The van der Waals surface area contributed by atoms with E-state index in [1.54, 1.807) is 0 Å². The van der Waals surface area contributed by atoms with Crippen LogP contribution in [0.15, 0.2) is 18.2 Å². The number of hydrogen-bond acceptors (Lipinski definition) is 4. The van der Waals surface area contributed by atoms with Crippen molar-refractivity contribution in [3.05, 3.63) is 23.8 Å². The molecule has 2 aliphatic rings. The van der Waals surface area contributed by atoms with Crippen LogP contribution in [-0.4, -0.2) is 50.6 Å². The predicted molar refractivity (Wildman–Crippen MR) is 97.6 cm³/mol. The van der Waals surface area contributed by atoms with Crippen LogP contribution in [0.1, 0.15) is 31.2 Å². The largest absolute Gasteiger partial charge is 0.377 e. The summed E-state index contributed by atoms with van der Waals surface area (Å²) in [7, 11) is 5.48. The molecule has 0 aliphatic heterocycles. The second kappa shape index (κ2) is 7.44. The second-order valence-electron chi connectivity index (χ2n) is 7.19. The van der Waals surface area contributed by atoms with Crippen LogP contribution in [0, 0.1) is 5.92 Å². The Morgan fingerprint density at radius 1 is 1.20 bits per heavy atom. The lowest BCUT2D eigenvalue weighted by atomic mass is 10.1. The lowest BCUT2D eigenvalue weighted by Gasteiger charge is -2.26. The van der Waals surface area contributed by atoms with Crippen LogP contribution < -0.4 is 10.2 Å². The van der Waals surface area contributed by atoms with Gasteiger partial charge in [0.15, 0.2) is 0 Å². The number of nitrogens with zero attached hydrogens (tertiary/aromatic N) is 2. The van der Waals surface area contributed by atoms with Gasteiger partial charge in [0.1, 0.15) is 6.61 Å². The molecule has 0 heterocycles. The number of benzene rings is 1. The number of nitrogens with one attached hydrogen (secondary N) is 1.